The van der Waals surface area contributed by atoms with E-state index in [4.69, 9.17) is 4.74 Å². The highest BCUT2D eigenvalue weighted by atomic mass is 16.5. The zero-order valence-electron chi connectivity index (χ0n) is 9.17. The summed E-state index contributed by atoms with van der Waals surface area (Å²) in [7, 11) is 0. The van der Waals surface area contributed by atoms with Crippen molar-refractivity contribution >= 4 is 5.97 Å². The zero-order valence-corrected chi connectivity index (χ0v) is 9.17. The first-order valence-electron chi connectivity index (χ1n) is 5.34. The third-order valence-corrected chi connectivity index (χ3v) is 4.02. The average molecular weight is 194 g/mol. The maximum absolute atomic E-state index is 10.7. The highest BCUT2D eigenvalue weighted by Gasteiger charge is 2.51. The molecule has 2 atom stereocenters. The van der Waals surface area contributed by atoms with Gasteiger partial charge in [-0.05, 0) is 35.7 Å². The average Bonchev–Trinajstić information content (AvgIpc) is 2.14. The van der Waals surface area contributed by atoms with Crippen molar-refractivity contribution in [3.05, 3.63) is 11.6 Å². The Bertz CT molecular complexity index is 289. The fraction of sp³-hybridized carbons (Fsp3) is 0.750. The summed E-state index contributed by atoms with van der Waals surface area (Å²) in [4.78, 5) is 10.7. The van der Waals surface area contributed by atoms with Crippen LogP contribution in [0.1, 0.15) is 33.6 Å². The van der Waals surface area contributed by atoms with Crippen LogP contribution in [0.5, 0.6) is 0 Å². The number of carbonyl (C=O) groups is 1. The molecule has 1 saturated carbocycles. The Morgan fingerprint density at radius 3 is 2.86 bits per heavy atom. The van der Waals surface area contributed by atoms with Crippen molar-refractivity contribution < 1.29 is 9.53 Å². The second-order valence-corrected chi connectivity index (χ2v) is 5.10. The van der Waals surface area contributed by atoms with Gasteiger partial charge in [0.1, 0.15) is 6.61 Å². The summed E-state index contributed by atoms with van der Waals surface area (Å²) in [5.74, 6) is 1.33. The first-order chi connectivity index (χ1) is 6.51. The van der Waals surface area contributed by atoms with Crippen molar-refractivity contribution in [3.63, 3.8) is 0 Å². The minimum atomic E-state index is -0.176. The molecule has 2 bridgehead atoms. The number of esters is 1. The van der Waals surface area contributed by atoms with E-state index in [9.17, 15) is 4.79 Å². The van der Waals surface area contributed by atoms with E-state index in [1.807, 2.05) is 0 Å². The van der Waals surface area contributed by atoms with E-state index >= 15 is 0 Å². The minimum Gasteiger partial charge on any atom is -0.461 e. The van der Waals surface area contributed by atoms with Crippen LogP contribution in [0, 0.1) is 17.3 Å². The Kier molecular flexibility index (Phi) is 2.17. The van der Waals surface area contributed by atoms with Crippen molar-refractivity contribution in [1.29, 1.82) is 0 Å². The summed E-state index contributed by atoms with van der Waals surface area (Å²) in [5.41, 5.74) is 1.78. The van der Waals surface area contributed by atoms with Crippen molar-refractivity contribution in [2.24, 2.45) is 17.3 Å². The zero-order chi connectivity index (χ0) is 10.3. The van der Waals surface area contributed by atoms with Crippen LogP contribution < -0.4 is 0 Å². The van der Waals surface area contributed by atoms with Crippen molar-refractivity contribution in [2.45, 2.75) is 33.6 Å². The third-order valence-electron chi connectivity index (χ3n) is 4.02. The van der Waals surface area contributed by atoms with Gasteiger partial charge in [0, 0.05) is 6.92 Å². The molecule has 2 heteroatoms. The Balaban J connectivity index is 2.00. The molecule has 0 heterocycles. The van der Waals surface area contributed by atoms with Crippen molar-refractivity contribution in [2.75, 3.05) is 6.61 Å². The van der Waals surface area contributed by atoms with E-state index in [2.05, 4.69) is 19.9 Å². The molecule has 0 spiro atoms. The number of fused-ring (bicyclic) bond motifs is 1. The van der Waals surface area contributed by atoms with Crippen LogP contribution in [0.25, 0.3) is 0 Å². The second kappa shape index (κ2) is 3.11. The van der Waals surface area contributed by atoms with Crippen LogP contribution in [0.3, 0.4) is 0 Å². The number of rotatable bonds is 2. The molecule has 0 radical (unpaired) electrons. The number of allylic oxidation sites excluding steroid dienone is 1. The van der Waals surface area contributed by atoms with E-state index in [0.29, 0.717) is 17.9 Å². The number of hydrogen-bond donors (Lipinski definition) is 0. The minimum absolute atomic E-state index is 0.176. The molecule has 0 amide bonds. The van der Waals surface area contributed by atoms with Crippen molar-refractivity contribution in [3.8, 4) is 0 Å². The number of ether oxygens (including phenoxy) is 1. The quantitative estimate of drug-likeness (QED) is 0.499. The molecule has 0 unspecified atom stereocenters. The summed E-state index contributed by atoms with van der Waals surface area (Å²) in [6, 6.07) is 0. The van der Waals surface area contributed by atoms with Crippen LogP contribution in [-0.2, 0) is 9.53 Å². The number of carbonyl (C=O) groups excluding carboxylic acids is 1. The van der Waals surface area contributed by atoms with Gasteiger partial charge in [-0.25, -0.2) is 0 Å². The predicted molar refractivity (Wildman–Crippen MR) is 54.7 cm³/mol. The first kappa shape index (κ1) is 9.75. The van der Waals surface area contributed by atoms with Crippen LogP contribution in [0.15, 0.2) is 11.6 Å². The molecule has 2 nitrogen and oxygen atoms in total. The van der Waals surface area contributed by atoms with Gasteiger partial charge >= 0.3 is 5.97 Å². The van der Waals surface area contributed by atoms with Gasteiger partial charge in [0.05, 0.1) is 0 Å². The molecule has 0 aromatic heterocycles. The predicted octanol–water partition coefficient (Wildman–Crippen LogP) is 2.54. The van der Waals surface area contributed by atoms with E-state index in [0.717, 1.165) is 5.92 Å². The summed E-state index contributed by atoms with van der Waals surface area (Å²) < 4.78 is 5.06. The Morgan fingerprint density at radius 2 is 2.36 bits per heavy atom. The van der Waals surface area contributed by atoms with E-state index in [-0.39, 0.29) is 5.97 Å². The lowest BCUT2D eigenvalue weighted by molar-refractivity contribution is -0.140. The first-order valence-corrected chi connectivity index (χ1v) is 5.34. The SMILES string of the molecule is CC(=O)OCC1=CC[C@H]2C[C@H]1C2(C)C. The smallest absolute Gasteiger partial charge is 0.302 e. The van der Waals surface area contributed by atoms with E-state index in [1.165, 1.54) is 25.3 Å². The topological polar surface area (TPSA) is 26.3 Å². The lowest BCUT2D eigenvalue weighted by Crippen LogP contribution is -2.48. The highest BCUT2D eigenvalue weighted by molar-refractivity contribution is 5.66. The molecule has 14 heavy (non-hydrogen) atoms. The molecule has 0 aromatic rings. The van der Waals surface area contributed by atoms with Crippen molar-refractivity contribution in [1.82, 2.24) is 0 Å². The molecule has 78 valence electrons. The summed E-state index contributed by atoms with van der Waals surface area (Å²) in [5, 5.41) is 0. The highest BCUT2D eigenvalue weighted by Crippen LogP contribution is 2.59. The molecule has 0 saturated heterocycles. The second-order valence-electron chi connectivity index (χ2n) is 5.10. The third kappa shape index (κ3) is 1.37. The molecule has 0 aliphatic heterocycles. The standard InChI is InChI=1S/C12H18O2/c1-8(13)14-7-9-4-5-10-6-11(9)12(10,2)3/h4,10-11H,5-7H2,1-3H3/t10-,11+/m0/s1. The lowest BCUT2D eigenvalue weighted by Gasteiger charge is -2.56. The maximum Gasteiger partial charge on any atom is 0.302 e. The summed E-state index contributed by atoms with van der Waals surface area (Å²) in [6.07, 6.45) is 4.73. The molecular formula is C12H18O2. The molecule has 3 aliphatic carbocycles. The monoisotopic (exact) mass is 194 g/mol. The molecule has 1 fully saturated rings. The van der Waals surface area contributed by atoms with Gasteiger partial charge in [-0.1, -0.05) is 19.9 Å². The maximum atomic E-state index is 10.7. The van der Waals surface area contributed by atoms with Crippen LogP contribution in [-0.4, -0.2) is 12.6 Å². The van der Waals surface area contributed by atoms with Gasteiger partial charge in [-0.2, -0.15) is 0 Å². The van der Waals surface area contributed by atoms with Gasteiger partial charge < -0.3 is 4.74 Å². The number of hydrogen-bond acceptors (Lipinski definition) is 2. The van der Waals surface area contributed by atoms with Crippen LogP contribution >= 0.6 is 0 Å². The Labute approximate surface area is 85.3 Å². The largest absolute Gasteiger partial charge is 0.461 e. The van der Waals surface area contributed by atoms with Gasteiger partial charge in [0.2, 0.25) is 0 Å². The Hall–Kier alpha value is -0.790. The summed E-state index contributed by atoms with van der Waals surface area (Å²) in [6.45, 7) is 6.63. The molecule has 0 N–H and O–H groups in total. The summed E-state index contributed by atoms with van der Waals surface area (Å²) >= 11 is 0. The molecular weight excluding hydrogens is 176 g/mol. The molecule has 3 aliphatic rings. The van der Waals surface area contributed by atoms with Gasteiger partial charge in [-0.3, -0.25) is 4.79 Å². The van der Waals surface area contributed by atoms with Crippen LogP contribution in [0.2, 0.25) is 0 Å². The van der Waals surface area contributed by atoms with Gasteiger partial charge in [-0.15, -0.1) is 0 Å². The Morgan fingerprint density at radius 1 is 1.64 bits per heavy atom. The van der Waals surface area contributed by atoms with E-state index < -0.39 is 0 Å². The molecule has 3 rings (SSSR count). The van der Waals surface area contributed by atoms with Crippen LogP contribution in [0.4, 0.5) is 0 Å². The van der Waals surface area contributed by atoms with Gasteiger partial charge in [0.25, 0.3) is 0 Å². The fourth-order valence-corrected chi connectivity index (χ4v) is 2.83. The molecule has 0 aromatic carbocycles. The van der Waals surface area contributed by atoms with E-state index in [1.54, 1.807) is 0 Å². The van der Waals surface area contributed by atoms with Gasteiger partial charge in [0.15, 0.2) is 0 Å². The normalized spacial score (nSPS) is 32.9. The lowest BCUT2D eigenvalue weighted by atomic mass is 9.49. The fourth-order valence-electron chi connectivity index (χ4n) is 2.83.